The molecule has 0 amide bonds. The van der Waals surface area contributed by atoms with Gasteiger partial charge in [0.15, 0.2) is 23.2 Å². The number of nitrogens with two attached hydrogens (primary N) is 1. The van der Waals surface area contributed by atoms with Crippen molar-refractivity contribution in [3.8, 4) is 0 Å². The molecule has 4 atom stereocenters. The van der Waals surface area contributed by atoms with E-state index in [4.69, 9.17) is 10.5 Å². The molecule has 0 aliphatic carbocycles. The first-order chi connectivity index (χ1) is 13.6. The second-order valence-corrected chi connectivity index (χ2v) is 6.65. The highest BCUT2D eigenvalue weighted by Gasteiger charge is 2.44. The number of hydrogen-bond donors (Lipinski definition) is 5. The van der Waals surface area contributed by atoms with Gasteiger partial charge < -0.3 is 31.1 Å². The van der Waals surface area contributed by atoms with Crippen LogP contribution in [0.2, 0.25) is 0 Å². The van der Waals surface area contributed by atoms with E-state index in [2.05, 4.69) is 20.3 Å². The minimum absolute atomic E-state index is 0.0446. The fraction of sp³-hybridized carbons (Fsp3) is 0.389. The number of nitrogens with one attached hydrogen (secondary N) is 1. The quantitative estimate of drug-likeness (QED) is 0.383. The van der Waals surface area contributed by atoms with Gasteiger partial charge in [0.25, 0.3) is 0 Å². The van der Waals surface area contributed by atoms with Crippen molar-refractivity contribution >= 4 is 22.9 Å². The highest BCUT2D eigenvalue weighted by Crippen LogP contribution is 2.32. The Balaban J connectivity index is 1.58. The zero-order valence-electron chi connectivity index (χ0n) is 15.0. The maximum Gasteiger partial charge on any atom is 0.224 e. The number of imidazole rings is 1. The van der Waals surface area contributed by atoms with E-state index in [1.165, 1.54) is 16.5 Å². The molecule has 10 heteroatoms. The Labute approximate surface area is 160 Å². The van der Waals surface area contributed by atoms with E-state index in [-0.39, 0.29) is 5.95 Å². The first-order valence-electron chi connectivity index (χ1n) is 8.98. The number of hydrogen-bond acceptors (Lipinski definition) is 9. The van der Waals surface area contributed by atoms with Gasteiger partial charge in [0.2, 0.25) is 5.95 Å². The Kier molecular flexibility index (Phi) is 5.09. The van der Waals surface area contributed by atoms with Gasteiger partial charge in [0.1, 0.15) is 18.3 Å². The zero-order valence-corrected chi connectivity index (χ0v) is 15.0. The molecule has 0 bridgehead atoms. The van der Waals surface area contributed by atoms with Crippen molar-refractivity contribution in [2.24, 2.45) is 0 Å². The van der Waals surface area contributed by atoms with E-state index in [1.54, 1.807) is 0 Å². The van der Waals surface area contributed by atoms with Crippen LogP contribution >= 0.6 is 0 Å². The summed E-state index contributed by atoms with van der Waals surface area (Å²) in [7, 11) is 0. The number of ether oxygens (including phenoxy) is 1. The first kappa shape index (κ1) is 18.6. The van der Waals surface area contributed by atoms with Crippen LogP contribution in [0.15, 0.2) is 36.7 Å². The molecule has 4 rings (SSSR count). The molecule has 6 N–H and O–H groups in total. The number of aliphatic hydroxyl groups excluding tert-OH is 3. The maximum atomic E-state index is 10.3. The van der Waals surface area contributed by atoms with Crippen LogP contribution in [0.1, 0.15) is 11.8 Å². The van der Waals surface area contributed by atoms with Crippen LogP contribution in [0, 0.1) is 0 Å². The number of anilines is 2. The third-order valence-electron chi connectivity index (χ3n) is 4.78. The second-order valence-electron chi connectivity index (χ2n) is 6.65. The molecule has 0 spiro atoms. The molecular weight excluding hydrogens is 364 g/mol. The van der Waals surface area contributed by atoms with Crippen molar-refractivity contribution in [1.82, 2.24) is 19.5 Å². The minimum atomic E-state index is -1.24. The molecule has 148 valence electrons. The van der Waals surface area contributed by atoms with E-state index < -0.39 is 31.1 Å². The van der Waals surface area contributed by atoms with Crippen LogP contribution in [0.3, 0.4) is 0 Å². The normalized spacial score (nSPS) is 24.7. The summed E-state index contributed by atoms with van der Waals surface area (Å²) in [5.41, 5.74) is 7.88. The average Bonchev–Trinajstić information content (AvgIpc) is 3.24. The Hall–Kier alpha value is -2.79. The molecule has 1 saturated heterocycles. The molecule has 2 aromatic heterocycles. The highest BCUT2D eigenvalue weighted by molar-refractivity contribution is 5.84. The van der Waals surface area contributed by atoms with Gasteiger partial charge in [-0.3, -0.25) is 4.57 Å². The lowest BCUT2D eigenvalue weighted by atomic mass is 10.1. The largest absolute Gasteiger partial charge is 0.394 e. The molecule has 1 aliphatic rings. The summed E-state index contributed by atoms with van der Waals surface area (Å²) in [6, 6.07) is 10.0. The molecule has 3 heterocycles. The van der Waals surface area contributed by atoms with Crippen molar-refractivity contribution in [3.63, 3.8) is 0 Å². The fourth-order valence-electron chi connectivity index (χ4n) is 3.32. The number of benzene rings is 1. The molecule has 0 radical (unpaired) electrons. The minimum Gasteiger partial charge on any atom is -0.394 e. The predicted molar refractivity (Wildman–Crippen MR) is 101 cm³/mol. The smallest absolute Gasteiger partial charge is 0.224 e. The average molecular weight is 386 g/mol. The van der Waals surface area contributed by atoms with E-state index >= 15 is 0 Å². The summed E-state index contributed by atoms with van der Waals surface area (Å²) in [5.74, 6) is 0.520. The third-order valence-corrected chi connectivity index (χ3v) is 4.78. The Morgan fingerprint density at radius 3 is 2.64 bits per heavy atom. The third kappa shape index (κ3) is 3.38. The number of nitrogen functional groups attached to an aromatic ring is 1. The highest BCUT2D eigenvalue weighted by atomic mass is 16.6. The van der Waals surface area contributed by atoms with Crippen LogP contribution in [0.25, 0.3) is 11.2 Å². The van der Waals surface area contributed by atoms with Gasteiger partial charge >= 0.3 is 0 Å². The molecular formula is C18H22N6O4. The van der Waals surface area contributed by atoms with E-state index in [9.17, 15) is 15.3 Å². The van der Waals surface area contributed by atoms with Crippen molar-refractivity contribution in [3.05, 3.63) is 42.2 Å². The summed E-state index contributed by atoms with van der Waals surface area (Å²) in [4.78, 5) is 12.8. The fourth-order valence-corrected chi connectivity index (χ4v) is 3.32. The molecule has 3 aromatic rings. The number of fused-ring (bicyclic) bond motifs is 1. The van der Waals surface area contributed by atoms with Gasteiger partial charge in [0.05, 0.1) is 12.9 Å². The van der Waals surface area contributed by atoms with E-state index in [0.29, 0.717) is 23.5 Å². The molecule has 1 aliphatic heterocycles. The second kappa shape index (κ2) is 7.68. The lowest BCUT2D eigenvalue weighted by Gasteiger charge is -2.16. The monoisotopic (exact) mass is 386 g/mol. The zero-order chi connectivity index (χ0) is 19.7. The van der Waals surface area contributed by atoms with Gasteiger partial charge in [-0.1, -0.05) is 30.3 Å². The Morgan fingerprint density at radius 1 is 1.14 bits per heavy atom. The van der Waals surface area contributed by atoms with Crippen LogP contribution < -0.4 is 11.1 Å². The van der Waals surface area contributed by atoms with Crippen LogP contribution in [-0.2, 0) is 11.2 Å². The Bertz CT molecular complexity index is 950. The van der Waals surface area contributed by atoms with Gasteiger partial charge in [-0.2, -0.15) is 9.97 Å². The van der Waals surface area contributed by atoms with Crippen molar-refractivity contribution in [1.29, 1.82) is 0 Å². The SMILES string of the molecule is Nc1nc(NCCc2ccccc2)c2ncn([C@H]3O[C@@H](CO)[C@@H](O)[C@@H]3O)c2n1. The van der Waals surface area contributed by atoms with Crippen molar-refractivity contribution in [2.45, 2.75) is 31.0 Å². The summed E-state index contributed by atoms with van der Waals surface area (Å²) in [6.45, 7) is 0.209. The number of aromatic nitrogens is 4. The van der Waals surface area contributed by atoms with Gasteiger partial charge in [-0.15, -0.1) is 0 Å². The summed E-state index contributed by atoms with van der Waals surface area (Å²) >= 11 is 0. The molecule has 1 fully saturated rings. The molecule has 10 nitrogen and oxygen atoms in total. The molecule has 1 aromatic carbocycles. The summed E-state index contributed by atoms with van der Waals surface area (Å²) in [6.07, 6.45) is -2.04. The first-order valence-corrected chi connectivity index (χ1v) is 8.98. The molecule has 28 heavy (non-hydrogen) atoms. The summed E-state index contributed by atoms with van der Waals surface area (Å²) < 4.78 is 7.04. The van der Waals surface area contributed by atoms with Gasteiger partial charge in [0, 0.05) is 6.54 Å². The number of aliphatic hydroxyl groups is 3. The Morgan fingerprint density at radius 2 is 1.93 bits per heavy atom. The molecule has 0 saturated carbocycles. The standard InChI is InChI=1S/C18H22N6O4/c19-18-22-15(20-7-6-10-4-2-1-3-5-10)12-16(23-18)24(9-21-12)17-14(27)13(26)11(8-25)28-17/h1-5,9,11,13-14,17,25-27H,6-8H2,(H3,19,20,22,23)/t11-,13+,14-,17-/m0/s1. The van der Waals surface area contributed by atoms with Crippen molar-refractivity contribution in [2.75, 3.05) is 24.2 Å². The van der Waals surface area contributed by atoms with Gasteiger partial charge in [-0.05, 0) is 12.0 Å². The van der Waals surface area contributed by atoms with E-state index in [0.717, 1.165) is 6.42 Å². The lowest BCUT2D eigenvalue weighted by molar-refractivity contribution is -0.0511. The van der Waals surface area contributed by atoms with Crippen LogP contribution in [0.5, 0.6) is 0 Å². The lowest BCUT2D eigenvalue weighted by Crippen LogP contribution is -2.33. The van der Waals surface area contributed by atoms with Crippen LogP contribution in [0.4, 0.5) is 11.8 Å². The topological polar surface area (TPSA) is 152 Å². The van der Waals surface area contributed by atoms with Crippen LogP contribution in [-0.4, -0.2) is 66.3 Å². The molecule has 0 unspecified atom stereocenters. The number of nitrogens with zero attached hydrogens (tertiary/aromatic N) is 4. The van der Waals surface area contributed by atoms with Gasteiger partial charge in [-0.25, -0.2) is 4.98 Å². The predicted octanol–water partition coefficient (Wildman–Crippen LogP) is -0.325. The van der Waals surface area contributed by atoms with Crippen molar-refractivity contribution < 1.29 is 20.1 Å². The maximum absolute atomic E-state index is 10.3. The number of rotatable bonds is 6. The van der Waals surface area contributed by atoms with E-state index in [1.807, 2.05) is 30.3 Å². The summed E-state index contributed by atoms with van der Waals surface area (Å²) in [5, 5.41) is 32.8.